The minimum absolute atomic E-state index is 0.324. The summed E-state index contributed by atoms with van der Waals surface area (Å²) in [6.07, 6.45) is 0. The number of benzene rings is 1. The number of oxazole rings is 1. The average Bonchev–Trinajstić information content (AvgIpc) is 3.03. The molecule has 0 saturated carbocycles. The fraction of sp³-hybridized carbons (Fsp3) is 0.429. The monoisotopic (exact) mass is 276 g/mol. The maximum absolute atomic E-state index is 12.0. The van der Waals surface area contributed by atoms with Gasteiger partial charge in [0.15, 0.2) is 11.6 Å². The first-order valence-electron chi connectivity index (χ1n) is 6.47. The second-order valence-electron chi connectivity index (χ2n) is 5.82. The minimum Gasteiger partial charge on any atom is -0.458 e. The number of hydrogen-bond donors (Lipinski definition) is 0. The Hall–Kier alpha value is -2.24. The molecule has 1 aliphatic heterocycles. The van der Waals surface area contributed by atoms with Gasteiger partial charge in [0, 0.05) is 0 Å². The van der Waals surface area contributed by atoms with E-state index in [1.807, 2.05) is 26.8 Å². The van der Waals surface area contributed by atoms with Gasteiger partial charge < -0.3 is 9.15 Å². The SMILES string of the molecule is CC(C)(C)OC(=O)C1CN1n1c(=O)oc2ccccc21. The van der Waals surface area contributed by atoms with Crippen LogP contribution in [0.3, 0.4) is 0 Å². The van der Waals surface area contributed by atoms with E-state index in [1.165, 1.54) is 4.68 Å². The molecule has 1 fully saturated rings. The smallest absolute Gasteiger partial charge is 0.439 e. The van der Waals surface area contributed by atoms with Gasteiger partial charge in [-0.25, -0.2) is 9.59 Å². The van der Waals surface area contributed by atoms with Crippen molar-refractivity contribution in [2.24, 2.45) is 0 Å². The lowest BCUT2D eigenvalue weighted by Crippen LogP contribution is -2.32. The molecule has 0 bridgehead atoms. The van der Waals surface area contributed by atoms with Crippen LogP contribution in [-0.4, -0.2) is 28.8 Å². The molecule has 1 aromatic heterocycles. The second-order valence-corrected chi connectivity index (χ2v) is 5.82. The highest BCUT2D eigenvalue weighted by Crippen LogP contribution is 2.23. The summed E-state index contributed by atoms with van der Waals surface area (Å²) in [6.45, 7) is 5.91. The third-order valence-corrected chi connectivity index (χ3v) is 2.99. The number of nitrogens with zero attached hydrogens (tertiary/aromatic N) is 2. The van der Waals surface area contributed by atoms with Crippen LogP contribution in [0.15, 0.2) is 33.5 Å². The highest BCUT2D eigenvalue weighted by molar-refractivity contribution is 5.84. The molecule has 0 spiro atoms. The van der Waals surface area contributed by atoms with Gasteiger partial charge in [0.25, 0.3) is 0 Å². The lowest BCUT2D eigenvalue weighted by atomic mass is 10.2. The summed E-state index contributed by atoms with van der Waals surface area (Å²) in [6, 6.07) is 6.69. The molecule has 0 N–H and O–H groups in total. The third kappa shape index (κ3) is 2.17. The molecule has 106 valence electrons. The highest BCUT2D eigenvalue weighted by atomic mass is 16.6. The van der Waals surface area contributed by atoms with Gasteiger partial charge in [-0.15, -0.1) is 0 Å². The molecule has 1 aliphatic rings. The van der Waals surface area contributed by atoms with E-state index < -0.39 is 17.4 Å². The summed E-state index contributed by atoms with van der Waals surface area (Å²) in [7, 11) is 0. The van der Waals surface area contributed by atoms with Crippen LogP contribution in [0.4, 0.5) is 0 Å². The molecule has 6 nitrogen and oxygen atoms in total. The molecule has 1 aromatic carbocycles. The number of rotatable bonds is 2. The Labute approximate surface area is 115 Å². The summed E-state index contributed by atoms with van der Waals surface area (Å²) in [5.41, 5.74) is 0.630. The second kappa shape index (κ2) is 4.13. The molecule has 2 heterocycles. The topological polar surface area (TPSA) is 64.5 Å². The number of ether oxygens (including phenoxy) is 1. The number of carbonyl (C=O) groups is 1. The van der Waals surface area contributed by atoms with Crippen molar-refractivity contribution in [3.05, 3.63) is 34.8 Å². The lowest BCUT2D eigenvalue weighted by Gasteiger charge is -2.19. The number of esters is 1. The summed E-state index contributed by atoms with van der Waals surface area (Å²) < 4.78 is 11.9. The molecular formula is C14H16N2O4. The third-order valence-electron chi connectivity index (χ3n) is 2.99. The zero-order valence-corrected chi connectivity index (χ0v) is 11.6. The van der Waals surface area contributed by atoms with Gasteiger partial charge in [0.2, 0.25) is 0 Å². The quantitative estimate of drug-likeness (QED) is 0.610. The molecule has 1 atom stereocenters. The number of carbonyl (C=O) groups excluding carboxylic acids is 1. The van der Waals surface area contributed by atoms with E-state index in [0.29, 0.717) is 17.6 Å². The van der Waals surface area contributed by atoms with E-state index in [1.54, 1.807) is 23.2 Å². The largest absolute Gasteiger partial charge is 0.458 e. The van der Waals surface area contributed by atoms with Crippen LogP contribution in [0.5, 0.6) is 0 Å². The van der Waals surface area contributed by atoms with Crippen molar-refractivity contribution in [1.29, 1.82) is 0 Å². The van der Waals surface area contributed by atoms with Crippen molar-refractivity contribution in [1.82, 2.24) is 4.68 Å². The molecular weight excluding hydrogens is 260 g/mol. The molecule has 0 aliphatic carbocycles. The molecule has 0 amide bonds. The maximum Gasteiger partial charge on any atom is 0.439 e. The van der Waals surface area contributed by atoms with E-state index in [0.717, 1.165) is 0 Å². The Morgan fingerprint density at radius 1 is 1.35 bits per heavy atom. The summed E-state index contributed by atoms with van der Waals surface area (Å²) in [5.74, 6) is -0.813. The number of hydrogen-bond acceptors (Lipinski definition) is 5. The fourth-order valence-electron chi connectivity index (χ4n) is 2.11. The van der Waals surface area contributed by atoms with Gasteiger partial charge in [-0.1, -0.05) is 12.1 Å². The standard InChI is InChI=1S/C14H16N2O4/c1-14(2,3)20-12(17)10-8-15(10)16-9-6-4-5-7-11(9)19-13(16)18/h4-7,10H,8H2,1-3H3. The van der Waals surface area contributed by atoms with Crippen LogP contribution in [0.1, 0.15) is 20.8 Å². The van der Waals surface area contributed by atoms with Gasteiger partial charge in [-0.05, 0) is 32.9 Å². The Kier molecular flexibility index (Phi) is 2.64. The van der Waals surface area contributed by atoms with E-state index in [2.05, 4.69) is 0 Å². The fourth-order valence-corrected chi connectivity index (χ4v) is 2.11. The number of aromatic nitrogens is 1. The predicted molar refractivity (Wildman–Crippen MR) is 73.2 cm³/mol. The van der Waals surface area contributed by atoms with E-state index in [4.69, 9.17) is 9.15 Å². The highest BCUT2D eigenvalue weighted by Gasteiger charge is 2.45. The van der Waals surface area contributed by atoms with Crippen LogP contribution in [0.25, 0.3) is 11.1 Å². The predicted octanol–water partition coefficient (Wildman–Crippen LogP) is 1.26. The maximum atomic E-state index is 12.0. The molecule has 6 heteroatoms. The van der Waals surface area contributed by atoms with Gasteiger partial charge in [-0.2, -0.15) is 4.68 Å². The van der Waals surface area contributed by atoms with Crippen molar-refractivity contribution in [3.8, 4) is 0 Å². The van der Waals surface area contributed by atoms with Crippen LogP contribution in [0.2, 0.25) is 0 Å². The first-order valence-corrected chi connectivity index (χ1v) is 6.47. The van der Waals surface area contributed by atoms with Crippen molar-refractivity contribution >= 4 is 17.1 Å². The van der Waals surface area contributed by atoms with Gasteiger partial charge >= 0.3 is 11.7 Å². The van der Waals surface area contributed by atoms with E-state index in [-0.39, 0.29) is 5.97 Å². The molecule has 1 saturated heterocycles. The molecule has 20 heavy (non-hydrogen) atoms. The zero-order valence-electron chi connectivity index (χ0n) is 11.6. The van der Waals surface area contributed by atoms with Gasteiger partial charge in [0.1, 0.15) is 11.1 Å². The number of para-hydroxylation sites is 2. The first kappa shape index (κ1) is 12.8. The van der Waals surface area contributed by atoms with E-state index in [9.17, 15) is 9.59 Å². The summed E-state index contributed by atoms with van der Waals surface area (Å²) in [5, 5.41) is 1.64. The molecule has 2 aromatic rings. The number of fused-ring (bicyclic) bond motifs is 1. The van der Waals surface area contributed by atoms with Crippen molar-refractivity contribution in [2.75, 3.05) is 11.6 Å². The molecule has 3 rings (SSSR count). The van der Waals surface area contributed by atoms with Crippen molar-refractivity contribution in [3.63, 3.8) is 0 Å². The molecule has 0 radical (unpaired) electrons. The van der Waals surface area contributed by atoms with E-state index >= 15 is 0 Å². The van der Waals surface area contributed by atoms with Crippen molar-refractivity contribution in [2.45, 2.75) is 32.4 Å². The van der Waals surface area contributed by atoms with Crippen molar-refractivity contribution < 1.29 is 13.9 Å². The van der Waals surface area contributed by atoms with Crippen LogP contribution in [-0.2, 0) is 9.53 Å². The summed E-state index contributed by atoms with van der Waals surface area (Å²) >= 11 is 0. The first-order chi connectivity index (χ1) is 9.37. The van der Waals surface area contributed by atoms with Crippen LogP contribution < -0.4 is 10.8 Å². The normalized spacial score (nSPS) is 18.4. The Bertz CT molecular complexity index is 723. The Balaban J connectivity index is 1.87. The minimum atomic E-state index is -0.533. The summed E-state index contributed by atoms with van der Waals surface area (Å²) in [4.78, 5) is 23.8. The van der Waals surface area contributed by atoms with Gasteiger partial charge in [-0.3, -0.25) is 5.01 Å². The Morgan fingerprint density at radius 3 is 2.75 bits per heavy atom. The Morgan fingerprint density at radius 2 is 2.05 bits per heavy atom. The van der Waals surface area contributed by atoms with Gasteiger partial charge in [0.05, 0.1) is 6.54 Å². The molecule has 1 unspecified atom stereocenters. The average molecular weight is 276 g/mol. The lowest BCUT2D eigenvalue weighted by molar-refractivity contribution is -0.153. The van der Waals surface area contributed by atoms with Crippen LogP contribution in [0, 0.1) is 0 Å². The zero-order chi connectivity index (χ0) is 14.5. The van der Waals surface area contributed by atoms with Crippen LogP contribution >= 0.6 is 0 Å².